The highest BCUT2D eigenvalue weighted by atomic mass is 16.6. The minimum atomic E-state index is -1.23. The zero-order valence-electron chi connectivity index (χ0n) is 22.1. The molecule has 0 aromatic heterocycles. The molecule has 0 radical (unpaired) electrons. The van der Waals surface area contributed by atoms with E-state index in [4.69, 9.17) is 14.6 Å². The van der Waals surface area contributed by atoms with Crippen LogP contribution in [0.15, 0.2) is 0 Å². The van der Waals surface area contributed by atoms with Gasteiger partial charge in [-0.1, -0.05) is 72.1 Å². The van der Waals surface area contributed by atoms with E-state index in [-0.39, 0.29) is 12.7 Å². The lowest BCUT2D eigenvalue weighted by molar-refractivity contribution is -0.175. The van der Waals surface area contributed by atoms with Gasteiger partial charge in [-0.3, -0.25) is 9.59 Å². The van der Waals surface area contributed by atoms with Crippen LogP contribution in [0, 0.1) is 5.41 Å². The standard InChI is InChI=1S/C27H53NO5/c1-5-8-10-16-23-32-25(30)27(4,19-14-11-12-15-20-28-21-17-22-29)26(31)33-24(7-3)18-13-9-6-2/h24,28-29H,5-23H2,1-4H3. The second-order valence-electron chi connectivity index (χ2n) is 9.45. The fraction of sp³-hybridized carbons (Fsp3) is 0.926. The maximum Gasteiger partial charge on any atom is 0.323 e. The molecule has 0 aliphatic rings. The number of rotatable bonds is 23. The molecular weight excluding hydrogens is 418 g/mol. The summed E-state index contributed by atoms with van der Waals surface area (Å²) in [6, 6.07) is 0. The van der Waals surface area contributed by atoms with Crippen molar-refractivity contribution < 1.29 is 24.2 Å². The Kier molecular flexibility index (Phi) is 20.7. The Morgan fingerprint density at radius 2 is 1.45 bits per heavy atom. The molecule has 6 nitrogen and oxygen atoms in total. The monoisotopic (exact) mass is 471 g/mol. The van der Waals surface area contributed by atoms with Crippen molar-refractivity contribution in [1.29, 1.82) is 0 Å². The topological polar surface area (TPSA) is 84.9 Å². The highest BCUT2D eigenvalue weighted by Crippen LogP contribution is 2.30. The largest absolute Gasteiger partial charge is 0.465 e. The number of hydrogen-bond acceptors (Lipinski definition) is 6. The maximum absolute atomic E-state index is 13.2. The molecule has 196 valence electrons. The van der Waals surface area contributed by atoms with Crippen LogP contribution in [0.25, 0.3) is 0 Å². The lowest BCUT2D eigenvalue weighted by Gasteiger charge is -2.28. The molecule has 0 aromatic carbocycles. The van der Waals surface area contributed by atoms with Crippen molar-refractivity contribution in [3.8, 4) is 0 Å². The van der Waals surface area contributed by atoms with Crippen LogP contribution in [0.5, 0.6) is 0 Å². The highest BCUT2D eigenvalue weighted by molar-refractivity contribution is 5.99. The van der Waals surface area contributed by atoms with Crippen LogP contribution in [-0.4, -0.2) is 49.5 Å². The van der Waals surface area contributed by atoms with Crippen molar-refractivity contribution in [3.05, 3.63) is 0 Å². The third kappa shape index (κ3) is 15.4. The summed E-state index contributed by atoms with van der Waals surface area (Å²) in [6.07, 6.45) is 14.0. The van der Waals surface area contributed by atoms with E-state index in [0.29, 0.717) is 13.0 Å². The average molecular weight is 472 g/mol. The first-order valence-corrected chi connectivity index (χ1v) is 13.7. The van der Waals surface area contributed by atoms with E-state index in [1.807, 2.05) is 6.92 Å². The predicted molar refractivity (Wildman–Crippen MR) is 135 cm³/mol. The van der Waals surface area contributed by atoms with Gasteiger partial charge in [-0.25, -0.2) is 0 Å². The summed E-state index contributed by atoms with van der Waals surface area (Å²) < 4.78 is 11.4. The number of nitrogens with one attached hydrogen (secondary N) is 1. The van der Waals surface area contributed by atoms with Gasteiger partial charge < -0.3 is 19.9 Å². The molecule has 0 saturated heterocycles. The molecular formula is C27H53NO5. The summed E-state index contributed by atoms with van der Waals surface area (Å²) in [5.74, 6) is -0.854. The first kappa shape index (κ1) is 31.9. The zero-order chi connectivity index (χ0) is 24.8. The van der Waals surface area contributed by atoms with Crippen molar-refractivity contribution in [1.82, 2.24) is 5.32 Å². The number of carbonyl (C=O) groups excluding carboxylic acids is 2. The molecule has 2 atom stereocenters. The Labute approximate surface area is 203 Å². The number of unbranched alkanes of at least 4 members (excludes halogenated alkanes) is 8. The molecule has 0 aromatic rings. The second kappa shape index (κ2) is 21.4. The summed E-state index contributed by atoms with van der Waals surface area (Å²) in [5.41, 5.74) is -1.23. The summed E-state index contributed by atoms with van der Waals surface area (Å²) in [6.45, 7) is 10.4. The molecule has 33 heavy (non-hydrogen) atoms. The molecule has 0 bridgehead atoms. The van der Waals surface area contributed by atoms with Gasteiger partial charge in [0, 0.05) is 6.61 Å². The molecule has 2 N–H and O–H groups in total. The first-order valence-electron chi connectivity index (χ1n) is 13.7. The van der Waals surface area contributed by atoms with Gasteiger partial charge >= 0.3 is 11.9 Å². The lowest BCUT2D eigenvalue weighted by atomic mass is 9.84. The second-order valence-corrected chi connectivity index (χ2v) is 9.45. The first-order chi connectivity index (χ1) is 16.0. The third-order valence-corrected chi connectivity index (χ3v) is 6.28. The third-order valence-electron chi connectivity index (χ3n) is 6.28. The van der Waals surface area contributed by atoms with Crippen LogP contribution in [0.1, 0.15) is 124 Å². The van der Waals surface area contributed by atoms with E-state index in [1.165, 1.54) is 0 Å². The normalized spacial score (nSPS) is 14.0. The molecule has 2 unspecified atom stereocenters. The van der Waals surface area contributed by atoms with E-state index >= 15 is 0 Å². The van der Waals surface area contributed by atoms with Crippen LogP contribution in [0.4, 0.5) is 0 Å². The van der Waals surface area contributed by atoms with Gasteiger partial charge in [0.2, 0.25) is 0 Å². The van der Waals surface area contributed by atoms with Crippen molar-refractivity contribution in [2.24, 2.45) is 5.41 Å². The summed E-state index contributed by atoms with van der Waals surface area (Å²) in [4.78, 5) is 26.1. The summed E-state index contributed by atoms with van der Waals surface area (Å²) in [7, 11) is 0. The van der Waals surface area contributed by atoms with Gasteiger partial charge in [0.05, 0.1) is 6.61 Å². The minimum Gasteiger partial charge on any atom is -0.465 e. The number of aliphatic hydroxyl groups is 1. The van der Waals surface area contributed by atoms with Crippen molar-refractivity contribution >= 4 is 11.9 Å². The molecule has 0 heterocycles. The average Bonchev–Trinajstić information content (AvgIpc) is 2.81. The minimum absolute atomic E-state index is 0.134. The van der Waals surface area contributed by atoms with Crippen LogP contribution in [0.3, 0.4) is 0 Å². The Morgan fingerprint density at radius 1 is 0.818 bits per heavy atom. The molecule has 0 amide bonds. The van der Waals surface area contributed by atoms with Gasteiger partial charge in [-0.15, -0.1) is 0 Å². The molecule has 6 heteroatoms. The molecule has 0 spiro atoms. The molecule has 0 saturated carbocycles. The lowest BCUT2D eigenvalue weighted by Crippen LogP contribution is -2.41. The van der Waals surface area contributed by atoms with Crippen LogP contribution in [0.2, 0.25) is 0 Å². The van der Waals surface area contributed by atoms with E-state index in [0.717, 1.165) is 103 Å². The number of hydrogen-bond donors (Lipinski definition) is 2. The predicted octanol–water partition coefficient (Wildman–Crippen LogP) is 5.94. The fourth-order valence-corrected chi connectivity index (χ4v) is 3.80. The summed E-state index contributed by atoms with van der Waals surface area (Å²) >= 11 is 0. The van der Waals surface area contributed by atoms with E-state index in [9.17, 15) is 9.59 Å². The van der Waals surface area contributed by atoms with Gasteiger partial charge in [-0.05, 0) is 65.0 Å². The van der Waals surface area contributed by atoms with E-state index in [2.05, 4.69) is 19.2 Å². The Hall–Kier alpha value is -1.14. The summed E-state index contributed by atoms with van der Waals surface area (Å²) in [5, 5.41) is 12.1. The number of ether oxygens (including phenoxy) is 2. The SMILES string of the molecule is CCCCCCOC(=O)C(C)(CCCCCCNCCCO)C(=O)OC(CC)CCCCC. The maximum atomic E-state index is 13.2. The van der Waals surface area contributed by atoms with Gasteiger partial charge in [0.15, 0.2) is 5.41 Å². The molecule has 0 fully saturated rings. The number of carbonyl (C=O) groups is 2. The highest BCUT2D eigenvalue weighted by Gasteiger charge is 2.44. The molecule has 0 aliphatic carbocycles. The van der Waals surface area contributed by atoms with Gasteiger partial charge in [0.1, 0.15) is 6.10 Å². The molecule has 0 rings (SSSR count). The molecule has 0 aliphatic heterocycles. The van der Waals surface area contributed by atoms with E-state index < -0.39 is 17.4 Å². The van der Waals surface area contributed by atoms with Crippen molar-refractivity contribution in [3.63, 3.8) is 0 Å². The quantitative estimate of drug-likeness (QED) is 0.109. The zero-order valence-corrected chi connectivity index (χ0v) is 22.1. The number of aliphatic hydroxyl groups excluding tert-OH is 1. The fourth-order valence-electron chi connectivity index (χ4n) is 3.80. The number of esters is 2. The smallest absolute Gasteiger partial charge is 0.323 e. The Balaban J connectivity index is 4.75. The van der Waals surface area contributed by atoms with Crippen LogP contribution < -0.4 is 5.32 Å². The van der Waals surface area contributed by atoms with Crippen molar-refractivity contribution in [2.45, 2.75) is 130 Å². The van der Waals surface area contributed by atoms with Gasteiger partial charge in [-0.2, -0.15) is 0 Å². The van der Waals surface area contributed by atoms with Crippen molar-refractivity contribution in [2.75, 3.05) is 26.3 Å². The Bertz CT molecular complexity index is 485. The Morgan fingerprint density at radius 3 is 2.12 bits per heavy atom. The van der Waals surface area contributed by atoms with Crippen LogP contribution >= 0.6 is 0 Å². The van der Waals surface area contributed by atoms with E-state index in [1.54, 1.807) is 6.92 Å². The van der Waals surface area contributed by atoms with Gasteiger partial charge in [0.25, 0.3) is 0 Å². The van der Waals surface area contributed by atoms with Crippen LogP contribution in [-0.2, 0) is 19.1 Å².